The summed E-state index contributed by atoms with van der Waals surface area (Å²) in [6.07, 6.45) is 4.18. The van der Waals surface area contributed by atoms with Gasteiger partial charge in [0.25, 0.3) is 0 Å². The van der Waals surface area contributed by atoms with Gasteiger partial charge in [0.15, 0.2) is 0 Å². The van der Waals surface area contributed by atoms with Crippen LogP contribution in [0.5, 0.6) is 0 Å². The van der Waals surface area contributed by atoms with Gasteiger partial charge in [0.05, 0.1) is 5.41 Å². The predicted octanol–water partition coefficient (Wildman–Crippen LogP) is 2.53. The third kappa shape index (κ3) is 2.32. The highest BCUT2D eigenvalue weighted by Crippen LogP contribution is 2.43. The topological polar surface area (TPSA) is 85.5 Å². The molecule has 0 atom stereocenters. The summed E-state index contributed by atoms with van der Waals surface area (Å²) in [5, 5.41) is 13.4. The van der Waals surface area contributed by atoms with Gasteiger partial charge in [0, 0.05) is 13.5 Å². The molecule has 0 aliphatic heterocycles. The maximum absolute atomic E-state index is 11.5. The number of carboxylic acid groups (broad SMARTS) is 1. The van der Waals surface area contributed by atoms with E-state index < -0.39 is 17.0 Å². The number of hydrogen-bond acceptors (Lipinski definition) is 5. The quantitative estimate of drug-likeness (QED) is 0.827. The Bertz CT molecular complexity index is 470. The molecule has 1 N–H and O–H groups in total. The van der Waals surface area contributed by atoms with Crippen molar-refractivity contribution >= 4 is 5.97 Å². The molecule has 1 heterocycles. The Morgan fingerprint density at radius 3 is 2.50 bits per heavy atom. The predicted molar refractivity (Wildman–Crippen MR) is 71.2 cm³/mol. The Hall–Kier alpha value is -1.43. The fourth-order valence-electron chi connectivity index (χ4n) is 2.70. The van der Waals surface area contributed by atoms with E-state index in [0.717, 1.165) is 19.3 Å². The molecule has 1 aliphatic carbocycles. The molecule has 2 rings (SSSR count). The fraction of sp³-hybridized carbons (Fsp3) is 0.786. The molecule has 0 amide bonds. The maximum Gasteiger partial charge on any atom is 0.310 e. The Morgan fingerprint density at radius 1 is 1.45 bits per heavy atom. The van der Waals surface area contributed by atoms with E-state index in [9.17, 15) is 9.90 Å². The van der Waals surface area contributed by atoms with Gasteiger partial charge in [-0.2, -0.15) is 4.98 Å². The van der Waals surface area contributed by atoms with Crippen LogP contribution < -0.4 is 0 Å². The van der Waals surface area contributed by atoms with Gasteiger partial charge < -0.3 is 14.4 Å². The van der Waals surface area contributed by atoms with Crippen molar-refractivity contribution in [3.05, 3.63) is 11.7 Å². The van der Waals surface area contributed by atoms with Crippen molar-refractivity contribution in [3.8, 4) is 0 Å². The largest absolute Gasteiger partial charge is 0.481 e. The van der Waals surface area contributed by atoms with Gasteiger partial charge in [0.2, 0.25) is 11.7 Å². The van der Waals surface area contributed by atoms with E-state index in [0.29, 0.717) is 24.6 Å². The van der Waals surface area contributed by atoms with Crippen molar-refractivity contribution in [3.63, 3.8) is 0 Å². The number of hydrogen-bond donors (Lipinski definition) is 1. The molecule has 1 aromatic rings. The van der Waals surface area contributed by atoms with Gasteiger partial charge in [0.1, 0.15) is 5.60 Å². The van der Waals surface area contributed by atoms with Crippen molar-refractivity contribution in [2.75, 3.05) is 7.11 Å². The summed E-state index contributed by atoms with van der Waals surface area (Å²) in [7, 11) is 1.65. The molecule has 0 unspecified atom stereocenters. The number of aromatic nitrogens is 2. The SMILES string of the molecule is CCC(CC)(Cc1nc(C2(OC)CCC2)no1)C(=O)O. The Balaban J connectivity index is 2.19. The standard InChI is InChI=1S/C14H22N2O4/c1-4-13(5-2,12(17)18)9-10-15-11(16-20-10)14(19-3)7-6-8-14/h4-9H2,1-3H3,(H,17,18). The zero-order chi connectivity index (χ0) is 14.8. The number of aliphatic carboxylic acids is 1. The molecule has 20 heavy (non-hydrogen) atoms. The van der Waals surface area contributed by atoms with Crippen LogP contribution in [0.15, 0.2) is 4.52 Å². The Labute approximate surface area is 118 Å². The number of methoxy groups -OCH3 is 1. The van der Waals surface area contributed by atoms with Crippen LogP contribution in [0.2, 0.25) is 0 Å². The van der Waals surface area contributed by atoms with Crippen molar-refractivity contribution in [2.24, 2.45) is 5.41 Å². The molecule has 0 radical (unpaired) electrons. The molecule has 112 valence electrons. The lowest BCUT2D eigenvalue weighted by Crippen LogP contribution is -2.37. The van der Waals surface area contributed by atoms with Crippen LogP contribution in [0, 0.1) is 5.41 Å². The first-order valence-electron chi connectivity index (χ1n) is 7.13. The first kappa shape index (κ1) is 15.0. The molecule has 1 aliphatic rings. The van der Waals surface area contributed by atoms with Gasteiger partial charge in [-0.25, -0.2) is 0 Å². The van der Waals surface area contributed by atoms with Gasteiger partial charge in [-0.15, -0.1) is 0 Å². The van der Waals surface area contributed by atoms with E-state index in [4.69, 9.17) is 9.26 Å². The highest BCUT2D eigenvalue weighted by Gasteiger charge is 2.44. The van der Waals surface area contributed by atoms with E-state index in [1.807, 2.05) is 13.8 Å². The van der Waals surface area contributed by atoms with Crippen molar-refractivity contribution in [1.82, 2.24) is 10.1 Å². The van der Waals surface area contributed by atoms with Crippen LogP contribution in [-0.4, -0.2) is 28.3 Å². The molecule has 1 aromatic heterocycles. The number of carbonyl (C=O) groups is 1. The minimum Gasteiger partial charge on any atom is -0.481 e. The van der Waals surface area contributed by atoms with Crippen molar-refractivity contribution in [2.45, 2.75) is 58.0 Å². The number of ether oxygens (including phenoxy) is 1. The van der Waals surface area contributed by atoms with E-state index in [1.165, 1.54) is 0 Å². The third-order valence-electron chi connectivity index (χ3n) is 4.72. The van der Waals surface area contributed by atoms with Crippen LogP contribution in [-0.2, 0) is 21.6 Å². The average Bonchev–Trinajstić information content (AvgIpc) is 2.84. The van der Waals surface area contributed by atoms with Crippen molar-refractivity contribution in [1.29, 1.82) is 0 Å². The summed E-state index contributed by atoms with van der Waals surface area (Å²) in [4.78, 5) is 15.9. The summed E-state index contributed by atoms with van der Waals surface area (Å²) in [6.45, 7) is 3.74. The van der Waals surface area contributed by atoms with Gasteiger partial charge in [-0.3, -0.25) is 4.79 Å². The highest BCUT2D eigenvalue weighted by molar-refractivity contribution is 5.74. The summed E-state index contributed by atoms with van der Waals surface area (Å²) in [5.41, 5.74) is -1.25. The second-order valence-corrected chi connectivity index (χ2v) is 5.53. The smallest absolute Gasteiger partial charge is 0.310 e. The second kappa shape index (κ2) is 5.52. The fourth-order valence-corrected chi connectivity index (χ4v) is 2.70. The summed E-state index contributed by atoms with van der Waals surface area (Å²) >= 11 is 0. The van der Waals surface area contributed by atoms with Crippen LogP contribution >= 0.6 is 0 Å². The minimum atomic E-state index is -0.830. The molecule has 6 nitrogen and oxygen atoms in total. The van der Waals surface area contributed by atoms with Crippen LogP contribution in [0.1, 0.15) is 57.7 Å². The molecule has 1 saturated carbocycles. The molecule has 0 saturated heterocycles. The van der Waals surface area contributed by atoms with Gasteiger partial charge in [-0.05, 0) is 32.1 Å². The van der Waals surface area contributed by atoms with Gasteiger partial charge in [-0.1, -0.05) is 19.0 Å². The van der Waals surface area contributed by atoms with Crippen LogP contribution in [0.25, 0.3) is 0 Å². The normalized spacial score (nSPS) is 17.8. The lowest BCUT2D eigenvalue weighted by Gasteiger charge is -2.37. The summed E-state index contributed by atoms with van der Waals surface area (Å²) in [6, 6.07) is 0. The first-order valence-corrected chi connectivity index (χ1v) is 7.13. The highest BCUT2D eigenvalue weighted by atomic mass is 16.5. The lowest BCUT2D eigenvalue weighted by molar-refractivity contribution is -0.149. The Morgan fingerprint density at radius 2 is 2.10 bits per heavy atom. The molecule has 0 aromatic carbocycles. The Kier molecular flexibility index (Phi) is 4.13. The molecule has 0 spiro atoms. The average molecular weight is 282 g/mol. The van der Waals surface area contributed by atoms with E-state index in [1.54, 1.807) is 7.11 Å². The van der Waals surface area contributed by atoms with Crippen molar-refractivity contribution < 1.29 is 19.2 Å². The van der Waals surface area contributed by atoms with Gasteiger partial charge >= 0.3 is 5.97 Å². The number of rotatable bonds is 7. The van der Waals surface area contributed by atoms with E-state index >= 15 is 0 Å². The molecule has 0 bridgehead atoms. The summed E-state index contributed by atoms with van der Waals surface area (Å²) in [5.74, 6) is 0.120. The lowest BCUT2D eigenvalue weighted by atomic mass is 9.78. The van der Waals surface area contributed by atoms with Crippen LogP contribution in [0.3, 0.4) is 0 Å². The number of nitrogens with zero attached hydrogens (tertiary/aromatic N) is 2. The maximum atomic E-state index is 11.5. The second-order valence-electron chi connectivity index (χ2n) is 5.53. The molecule has 1 fully saturated rings. The van der Waals surface area contributed by atoms with E-state index in [-0.39, 0.29) is 6.42 Å². The third-order valence-corrected chi connectivity index (χ3v) is 4.72. The monoisotopic (exact) mass is 282 g/mol. The zero-order valence-corrected chi connectivity index (χ0v) is 12.3. The zero-order valence-electron chi connectivity index (χ0n) is 12.3. The van der Waals surface area contributed by atoms with Crippen LogP contribution in [0.4, 0.5) is 0 Å². The molecule has 6 heteroatoms. The number of carboxylic acids is 1. The first-order chi connectivity index (χ1) is 9.52. The molecular formula is C14H22N2O4. The minimum absolute atomic E-state index is 0.266. The van der Waals surface area contributed by atoms with E-state index in [2.05, 4.69) is 10.1 Å². The molecular weight excluding hydrogens is 260 g/mol. The summed E-state index contributed by atoms with van der Waals surface area (Å²) < 4.78 is 10.8.